The Bertz CT molecular complexity index is 741. The molecule has 0 saturated carbocycles. The smallest absolute Gasteiger partial charge is 0.170 e. The number of nitrogens with one attached hydrogen (secondary N) is 1. The summed E-state index contributed by atoms with van der Waals surface area (Å²) in [5, 5.41) is 3.90. The van der Waals surface area contributed by atoms with Crippen molar-refractivity contribution < 1.29 is 4.74 Å². The molecule has 2 aromatic heterocycles. The van der Waals surface area contributed by atoms with Crippen LogP contribution in [0.15, 0.2) is 52.8 Å². The fraction of sp³-hybridized carbons (Fsp3) is 0.143. The molecular weight excluding hydrogens is 272 g/mol. The molecule has 5 nitrogen and oxygen atoms in total. The van der Waals surface area contributed by atoms with Crippen LogP contribution in [0.2, 0.25) is 0 Å². The molecule has 0 aliphatic heterocycles. The first kappa shape index (κ1) is 12.8. The van der Waals surface area contributed by atoms with Gasteiger partial charge < -0.3 is 14.5 Å². The van der Waals surface area contributed by atoms with Crippen molar-refractivity contribution >= 4 is 23.2 Å². The number of hydrogen-bond donors (Lipinski definition) is 1. The molecule has 2 heterocycles. The third-order valence-corrected chi connectivity index (χ3v) is 3.90. The van der Waals surface area contributed by atoms with Crippen molar-refractivity contribution in [2.24, 2.45) is 0 Å². The third kappa shape index (κ3) is 2.30. The minimum Gasteiger partial charge on any atom is -0.496 e. The van der Waals surface area contributed by atoms with Gasteiger partial charge in [0.2, 0.25) is 0 Å². The van der Waals surface area contributed by atoms with Crippen LogP contribution in [0.3, 0.4) is 0 Å². The monoisotopic (exact) mass is 286 g/mol. The molecule has 0 unspecified atom stereocenters. The molecule has 20 heavy (non-hydrogen) atoms. The second kappa shape index (κ2) is 5.42. The van der Waals surface area contributed by atoms with Crippen LogP contribution in [0.25, 0.3) is 5.65 Å². The number of anilines is 1. The Labute approximate surface area is 121 Å². The maximum Gasteiger partial charge on any atom is 0.170 e. The molecular formula is C14H14N4OS. The maximum atomic E-state index is 5.38. The predicted molar refractivity (Wildman–Crippen MR) is 79.7 cm³/mol. The Kier molecular flexibility index (Phi) is 3.47. The fourth-order valence-corrected chi connectivity index (χ4v) is 2.90. The van der Waals surface area contributed by atoms with Gasteiger partial charge in [0.05, 0.1) is 18.2 Å². The van der Waals surface area contributed by atoms with Crippen LogP contribution in [0.4, 0.5) is 5.82 Å². The SMILES string of the molecule is CNc1cn2ccnc2c(Sc2ccccc2OC)n1. The largest absolute Gasteiger partial charge is 0.496 e. The van der Waals surface area contributed by atoms with Crippen LogP contribution in [-0.2, 0) is 0 Å². The van der Waals surface area contributed by atoms with Crippen molar-refractivity contribution in [1.82, 2.24) is 14.4 Å². The third-order valence-electron chi connectivity index (χ3n) is 2.88. The Morgan fingerprint density at radius 2 is 2.15 bits per heavy atom. The number of methoxy groups -OCH3 is 1. The van der Waals surface area contributed by atoms with Crippen molar-refractivity contribution in [2.75, 3.05) is 19.5 Å². The van der Waals surface area contributed by atoms with E-state index in [0.717, 1.165) is 27.1 Å². The van der Waals surface area contributed by atoms with Gasteiger partial charge in [0.15, 0.2) is 5.65 Å². The highest BCUT2D eigenvalue weighted by molar-refractivity contribution is 7.99. The first-order valence-corrected chi connectivity index (χ1v) is 6.96. The summed E-state index contributed by atoms with van der Waals surface area (Å²) in [5.41, 5.74) is 0.833. The summed E-state index contributed by atoms with van der Waals surface area (Å²) in [4.78, 5) is 9.95. The van der Waals surface area contributed by atoms with E-state index in [4.69, 9.17) is 4.74 Å². The van der Waals surface area contributed by atoms with Crippen LogP contribution >= 0.6 is 11.8 Å². The number of benzene rings is 1. The van der Waals surface area contributed by atoms with Gasteiger partial charge in [-0.15, -0.1) is 0 Å². The maximum absolute atomic E-state index is 5.38. The van der Waals surface area contributed by atoms with Crippen molar-refractivity contribution in [3.63, 3.8) is 0 Å². The number of imidazole rings is 1. The van der Waals surface area contributed by atoms with Gasteiger partial charge in [-0.3, -0.25) is 0 Å². The van der Waals surface area contributed by atoms with Gasteiger partial charge in [0.1, 0.15) is 16.6 Å². The van der Waals surface area contributed by atoms with Gasteiger partial charge in [0.25, 0.3) is 0 Å². The number of hydrogen-bond acceptors (Lipinski definition) is 5. The average Bonchev–Trinajstić information content (AvgIpc) is 2.96. The molecule has 3 rings (SSSR count). The minimum absolute atomic E-state index is 0.799. The first-order chi connectivity index (χ1) is 9.81. The highest BCUT2D eigenvalue weighted by atomic mass is 32.2. The molecule has 1 aromatic carbocycles. The van der Waals surface area contributed by atoms with Crippen LogP contribution < -0.4 is 10.1 Å². The zero-order chi connectivity index (χ0) is 13.9. The van der Waals surface area contributed by atoms with Crippen molar-refractivity contribution in [3.8, 4) is 5.75 Å². The lowest BCUT2D eigenvalue weighted by molar-refractivity contribution is 0.405. The standard InChI is InChI=1S/C14H14N4OS/c1-15-12-9-18-8-7-16-13(18)14(17-12)20-11-6-4-3-5-10(11)19-2/h3-9,15H,1-2H3. The summed E-state index contributed by atoms with van der Waals surface area (Å²) < 4.78 is 7.33. The van der Waals surface area contributed by atoms with E-state index in [9.17, 15) is 0 Å². The molecule has 0 radical (unpaired) electrons. The molecule has 1 N–H and O–H groups in total. The van der Waals surface area contributed by atoms with E-state index in [1.165, 1.54) is 0 Å². The van der Waals surface area contributed by atoms with Crippen LogP contribution in [0.5, 0.6) is 5.75 Å². The summed E-state index contributed by atoms with van der Waals surface area (Å²) in [7, 11) is 3.52. The molecule has 0 atom stereocenters. The normalized spacial score (nSPS) is 10.7. The second-order valence-corrected chi connectivity index (χ2v) is 5.12. The topological polar surface area (TPSA) is 51.5 Å². The molecule has 0 fully saturated rings. The number of para-hydroxylation sites is 1. The first-order valence-electron chi connectivity index (χ1n) is 6.14. The Balaban J connectivity index is 2.07. The molecule has 0 amide bonds. The summed E-state index contributed by atoms with van der Waals surface area (Å²) in [6.45, 7) is 0. The molecule has 0 spiro atoms. The predicted octanol–water partition coefficient (Wildman–Crippen LogP) is 2.93. The summed E-state index contributed by atoms with van der Waals surface area (Å²) in [6.07, 6.45) is 5.58. The molecule has 102 valence electrons. The van der Waals surface area contributed by atoms with E-state index in [1.807, 2.05) is 48.1 Å². The Morgan fingerprint density at radius 3 is 2.95 bits per heavy atom. The Hall–Kier alpha value is -2.21. The zero-order valence-electron chi connectivity index (χ0n) is 11.2. The molecule has 6 heteroatoms. The van der Waals surface area contributed by atoms with Gasteiger partial charge in [-0.25, -0.2) is 9.97 Å². The average molecular weight is 286 g/mol. The molecule has 0 aliphatic carbocycles. The summed E-state index contributed by atoms with van der Waals surface area (Å²) in [5.74, 6) is 1.63. The number of ether oxygens (including phenoxy) is 1. The van der Waals surface area contributed by atoms with Crippen molar-refractivity contribution in [2.45, 2.75) is 9.92 Å². The van der Waals surface area contributed by atoms with E-state index in [-0.39, 0.29) is 0 Å². The lowest BCUT2D eigenvalue weighted by Crippen LogP contribution is -1.98. The number of aromatic nitrogens is 3. The number of nitrogens with zero attached hydrogens (tertiary/aromatic N) is 3. The molecule has 0 bridgehead atoms. The van der Waals surface area contributed by atoms with Crippen LogP contribution in [-0.4, -0.2) is 28.5 Å². The highest BCUT2D eigenvalue weighted by Gasteiger charge is 2.11. The molecule has 0 aliphatic rings. The van der Waals surface area contributed by atoms with Crippen LogP contribution in [0, 0.1) is 0 Å². The van der Waals surface area contributed by atoms with Crippen molar-refractivity contribution in [1.29, 1.82) is 0 Å². The summed E-state index contributed by atoms with van der Waals surface area (Å²) in [6, 6.07) is 7.88. The number of fused-ring (bicyclic) bond motifs is 1. The quantitative estimate of drug-likeness (QED) is 0.799. The van der Waals surface area contributed by atoms with Gasteiger partial charge in [0, 0.05) is 19.4 Å². The van der Waals surface area contributed by atoms with Crippen LogP contribution in [0.1, 0.15) is 0 Å². The fourth-order valence-electron chi connectivity index (χ4n) is 1.90. The van der Waals surface area contributed by atoms with Crippen molar-refractivity contribution in [3.05, 3.63) is 42.9 Å². The van der Waals surface area contributed by atoms with Gasteiger partial charge in [-0.05, 0) is 12.1 Å². The van der Waals surface area contributed by atoms with E-state index < -0.39 is 0 Å². The van der Waals surface area contributed by atoms with E-state index >= 15 is 0 Å². The molecule has 3 aromatic rings. The van der Waals surface area contributed by atoms with E-state index in [0.29, 0.717) is 0 Å². The Morgan fingerprint density at radius 1 is 1.30 bits per heavy atom. The van der Waals surface area contributed by atoms with Gasteiger partial charge >= 0.3 is 0 Å². The highest BCUT2D eigenvalue weighted by Crippen LogP contribution is 2.35. The van der Waals surface area contributed by atoms with E-state index in [2.05, 4.69) is 15.3 Å². The minimum atomic E-state index is 0.799. The van der Waals surface area contributed by atoms with Gasteiger partial charge in [-0.2, -0.15) is 0 Å². The lowest BCUT2D eigenvalue weighted by Gasteiger charge is -2.09. The lowest BCUT2D eigenvalue weighted by atomic mass is 10.3. The van der Waals surface area contributed by atoms with Gasteiger partial charge in [-0.1, -0.05) is 23.9 Å². The van der Waals surface area contributed by atoms with E-state index in [1.54, 1.807) is 25.1 Å². The molecule has 0 saturated heterocycles. The zero-order valence-corrected chi connectivity index (χ0v) is 12.0. The second-order valence-electron chi connectivity index (χ2n) is 4.09. The summed E-state index contributed by atoms with van der Waals surface area (Å²) >= 11 is 1.54. The number of rotatable bonds is 4.